The van der Waals surface area contributed by atoms with Crippen LogP contribution < -0.4 is 11.2 Å². The van der Waals surface area contributed by atoms with Crippen molar-refractivity contribution in [3.05, 3.63) is 33.1 Å². The molecule has 0 bridgehead atoms. The summed E-state index contributed by atoms with van der Waals surface area (Å²) in [6.45, 7) is 7.09. The average molecular weight is 329 g/mol. The molecule has 1 aliphatic rings. The summed E-state index contributed by atoms with van der Waals surface area (Å²) in [5.74, 6) is 1.09. The van der Waals surface area contributed by atoms with Crippen molar-refractivity contribution in [3.8, 4) is 0 Å². The molecule has 3 atom stereocenters. The number of nitrogens with one attached hydrogen (secondary N) is 1. The van der Waals surface area contributed by atoms with Crippen LogP contribution in [-0.4, -0.2) is 29.5 Å². The van der Waals surface area contributed by atoms with Crippen molar-refractivity contribution in [3.63, 3.8) is 0 Å². The first kappa shape index (κ1) is 16.6. The van der Waals surface area contributed by atoms with Crippen LogP contribution in [-0.2, 0) is 4.74 Å². The summed E-state index contributed by atoms with van der Waals surface area (Å²) in [5, 5.41) is 0. The van der Waals surface area contributed by atoms with Crippen LogP contribution in [0.1, 0.15) is 19.1 Å². The highest BCUT2D eigenvalue weighted by Crippen LogP contribution is 2.37. The van der Waals surface area contributed by atoms with Gasteiger partial charge in [-0.15, -0.1) is 0 Å². The predicted molar refractivity (Wildman–Crippen MR) is 90.0 cm³/mol. The van der Waals surface area contributed by atoms with Crippen LogP contribution in [0.5, 0.6) is 0 Å². The second-order valence-electron chi connectivity index (χ2n) is 6.92. The van der Waals surface area contributed by atoms with Gasteiger partial charge in [-0.2, -0.15) is 12.6 Å². The number of H-pyrrole nitrogens is 1. The third-order valence-electron chi connectivity index (χ3n) is 3.97. The molecule has 7 heteroatoms. The van der Waals surface area contributed by atoms with Crippen molar-refractivity contribution >= 4 is 20.7 Å². The van der Waals surface area contributed by atoms with Gasteiger partial charge in [-0.25, -0.2) is 4.79 Å². The molecule has 2 heterocycles. The molecule has 1 N–H and O–H groups in total. The topological polar surface area (TPSA) is 64.1 Å². The Labute approximate surface area is 131 Å². The van der Waals surface area contributed by atoms with Gasteiger partial charge in [0.25, 0.3) is 5.56 Å². The number of aromatic amines is 1. The Kier molecular flexibility index (Phi) is 5.16. The van der Waals surface area contributed by atoms with Gasteiger partial charge in [0.1, 0.15) is 6.23 Å². The zero-order valence-corrected chi connectivity index (χ0v) is 14.7. The summed E-state index contributed by atoms with van der Waals surface area (Å²) in [7, 11) is -1.08. The van der Waals surface area contributed by atoms with Crippen molar-refractivity contribution in [1.29, 1.82) is 0 Å². The van der Waals surface area contributed by atoms with E-state index in [2.05, 4.69) is 37.3 Å². The molecule has 5 nitrogen and oxygen atoms in total. The van der Waals surface area contributed by atoms with Crippen LogP contribution >= 0.6 is 12.6 Å². The lowest BCUT2D eigenvalue weighted by Crippen LogP contribution is -2.31. The van der Waals surface area contributed by atoms with Crippen LogP contribution in [0, 0.1) is 5.92 Å². The molecule has 1 aliphatic heterocycles. The van der Waals surface area contributed by atoms with Gasteiger partial charge in [0, 0.05) is 26.1 Å². The summed E-state index contributed by atoms with van der Waals surface area (Å²) in [5.41, 5.74) is -0.786. The van der Waals surface area contributed by atoms with E-state index in [1.807, 2.05) is 0 Å². The van der Waals surface area contributed by atoms with Crippen molar-refractivity contribution < 1.29 is 4.74 Å². The van der Waals surface area contributed by atoms with Gasteiger partial charge in [-0.3, -0.25) is 14.3 Å². The number of rotatable bonds is 5. The molecular weight excluding hydrogens is 304 g/mol. The molecule has 0 aliphatic carbocycles. The molecule has 1 fully saturated rings. The highest BCUT2D eigenvalue weighted by Gasteiger charge is 2.36. The molecule has 0 radical (unpaired) electrons. The summed E-state index contributed by atoms with van der Waals surface area (Å²) in [4.78, 5) is 25.3. The number of aromatic nitrogens is 2. The number of hydrogen-bond donors (Lipinski definition) is 2. The molecule has 1 saturated heterocycles. The quantitative estimate of drug-likeness (QED) is 0.643. The average Bonchev–Trinajstić information content (AvgIpc) is 2.78. The first-order valence-corrected chi connectivity index (χ1v) is 11.7. The van der Waals surface area contributed by atoms with Crippen LogP contribution in [0.2, 0.25) is 25.7 Å². The Bertz CT molecular complexity index is 593. The molecule has 0 saturated carbocycles. The van der Waals surface area contributed by atoms with Gasteiger partial charge >= 0.3 is 5.69 Å². The Morgan fingerprint density at radius 2 is 2.14 bits per heavy atom. The molecule has 21 heavy (non-hydrogen) atoms. The fourth-order valence-electron chi connectivity index (χ4n) is 2.73. The summed E-state index contributed by atoms with van der Waals surface area (Å²) in [6, 6.07) is 2.61. The van der Waals surface area contributed by atoms with Crippen molar-refractivity contribution in [2.24, 2.45) is 5.92 Å². The maximum Gasteiger partial charge on any atom is 0.330 e. The van der Waals surface area contributed by atoms with Crippen LogP contribution in [0.3, 0.4) is 0 Å². The minimum absolute atomic E-state index is 0.0773. The Morgan fingerprint density at radius 3 is 2.71 bits per heavy atom. The Hall–Kier alpha value is -0.793. The van der Waals surface area contributed by atoms with E-state index in [9.17, 15) is 9.59 Å². The van der Waals surface area contributed by atoms with E-state index in [-0.39, 0.29) is 17.9 Å². The van der Waals surface area contributed by atoms with Gasteiger partial charge in [0.05, 0.1) is 6.10 Å². The molecule has 1 aromatic heterocycles. The van der Waals surface area contributed by atoms with Crippen LogP contribution in [0.15, 0.2) is 21.9 Å². The van der Waals surface area contributed by atoms with Crippen LogP contribution in [0.4, 0.5) is 0 Å². The molecule has 0 aromatic carbocycles. The predicted octanol–water partition coefficient (Wildman–Crippen LogP) is 2.10. The Balaban J connectivity index is 2.11. The van der Waals surface area contributed by atoms with E-state index in [0.29, 0.717) is 11.7 Å². The second kappa shape index (κ2) is 6.54. The minimum atomic E-state index is -1.08. The third kappa shape index (κ3) is 4.34. The first-order chi connectivity index (χ1) is 9.80. The molecule has 2 rings (SSSR count). The second-order valence-corrected chi connectivity index (χ2v) is 12.9. The number of nitrogens with zero attached hydrogens (tertiary/aromatic N) is 1. The fourth-order valence-corrected chi connectivity index (χ4v) is 4.35. The molecule has 0 spiro atoms. The van der Waals surface area contributed by atoms with Gasteiger partial charge in [0.2, 0.25) is 0 Å². The van der Waals surface area contributed by atoms with Gasteiger partial charge in [-0.1, -0.05) is 32.1 Å². The third-order valence-corrected chi connectivity index (χ3v) is 6.12. The zero-order chi connectivity index (χ0) is 15.6. The standard InChI is InChI=1S/C14H24N2O3SSi/c1-21(2,3)7-5-10-8-13(19-11(10)9-20)16-6-4-12(17)15-14(16)18/h4,6,10-11,13,20H,5,7-9H2,1-3H3,(H,15,17,18)/t10-,11+,13+/m0/s1. The van der Waals surface area contributed by atoms with Crippen molar-refractivity contribution in [2.45, 2.75) is 50.9 Å². The van der Waals surface area contributed by atoms with Gasteiger partial charge in [-0.05, 0) is 12.3 Å². The molecule has 118 valence electrons. The highest BCUT2D eigenvalue weighted by atomic mass is 32.1. The normalized spacial score (nSPS) is 26.2. The van der Waals surface area contributed by atoms with Crippen molar-refractivity contribution in [1.82, 2.24) is 9.55 Å². The molecule has 0 amide bonds. The monoisotopic (exact) mass is 328 g/mol. The fraction of sp³-hybridized carbons (Fsp3) is 0.714. The lowest BCUT2D eigenvalue weighted by atomic mass is 9.99. The van der Waals surface area contributed by atoms with E-state index in [0.717, 1.165) is 12.8 Å². The van der Waals surface area contributed by atoms with Crippen LogP contribution in [0.25, 0.3) is 0 Å². The smallest absolute Gasteiger partial charge is 0.330 e. The number of ether oxygens (including phenoxy) is 1. The number of thiol groups is 1. The summed E-state index contributed by atoms with van der Waals surface area (Å²) < 4.78 is 7.45. The minimum Gasteiger partial charge on any atom is -0.353 e. The van der Waals surface area contributed by atoms with Gasteiger partial charge in [0.15, 0.2) is 0 Å². The van der Waals surface area contributed by atoms with E-state index >= 15 is 0 Å². The van der Waals surface area contributed by atoms with Gasteiger partial charge < -0.3 is 4.74 Å². The van der Waals surface area contributed by atoms with E-state index in [1.54, 1.807) is 0 Å². The van der Waals surface area contributed by atoms with E-state index in [1.165, 1.54) is 22.9 Å². The van der Waals surface area contributed by atoms with E-state index in [4.69, 9.17) is 4.74 Å². The Morgan fingerprint density at radius 1 is 1.43 bits per heavy atom. The highest BCUT2D eigenvalue weighted by molar-refractivity contribution is 7.80. The van der Waals surface area contributed by atoms with Crippen molar-refractivity contribution in [2.75, 3.05) is 5.75 Å². The lowest BCUT2D eigenvalue weighted by Gasteiger charge is -2.21. The summed E-state index contributed by atoms with van der Waals surface area (Å²) in [6.07, 6.45) is 3.23. The molecule has 1 aromatic rings. The maximum absolute atomic E-state index is 11.9. The molecule has 0 unspecified atom stereocenters. The maximum atomic E-state index is 11.9. The summed E-state index contributed by atoms with van der Waals surface area (Å²) >= 11 is 4.38. The lowest BCUT2D eigenvalue weighted by molar-refractivity contribution is 0.00435. The number of hydrogen-bond acceptors (Lipinski definition) is 4. The first-order valence-electron chi connectivity index (χ1n) is 7.38. The largest absolute Gasteiger partial charge is 0.353 e. The molecular formula is C14H24N2O3SSi. The van der Waals surface area contributed by atoms with E-state index < -0.39 is 13.8 Å². The zero-order valence-electron chi connectivity index (χ0n) is 12.8. The SMILES string of the molecule is C[Si](C)(C)CC[C@H]1C[C@H](n2ccc(=O)[nH]c2=O)O[C@@H]1CS.